The Kier molecular flexibility index (Phi) is 6.57. The number of rotatable bonds is 8. The summed E-state index contributed by atoms with van der Waals surface area (Å²) in [6.07, 6.45) is 3.78. The standard InChI is InChI=1S/C25H25N3O2S/c1-3-4-14-30-21-10-7-8-19(16-21)24(29)28(17-20-9-5-6-13-26-20)25-27-22-12-11-18(2)15-23(22)31-25/h5-13,15-16H,3-4,14,17H2,1-2H3. The number of hydrogen-bond acceptors (Lipinski definition) is 5. The van der Waals surface area contributed by atoms with Gasteiger partial charge in [0.2, 0.25) is 0 Å². The molecule has 0 radical (unpaired) electrons. The van der Waals surface area contributed by atoms with E-state index >= 15 is 0 Å². The molecule has 0 fully saturated rings. The summed E-state index contributed by atoms with van der Waals surface area (Å²) in [7, 11) is 0. The molecule has 0 unspecified atom stereocenters. The smallest absolute Gasteiger partial charge is 0.260 e. The van der Waals surface area contributed by atoms with Gasteiger partial charge in [-0.2, -0.15) is 0 Å². The number of thiazole rings is 1. The van der Waals surface area contributed by atoms with Crippen LogP contribution >= 0.6 is 11.3 Å². The molecule has 5 nitrogen and oxygen atoms in total. The molecular weight excluding hydrogens is 406 g/mol. The van der Waals surface area contributed by atoms with Crippen LogP contribution < -0.4 is 9.64 Å². The number of unbranched alkanes of at least 4 members (excludes halogenated alkanes) is 1. The zero-order valence-corrected chi connectivity index (χ0v) is 18.6. The Morgan fingerprint density at radius 2 is 2.00 bits per heavy atom. The van der Waals surface area contributed by atoms with Crippen LogP contribution in [0, 0.1) is 6.92 Å². The van der Waals surface area contributed by atoms with Crippen LogP contribution in [0.3, 0.4) is 0 Å². The molecule has 0 atom stereocenters. The summed E-state index contributed by atoms with van der Waals surface area (Å²) in [6.45, 7) is 5.17. The van der Waals surface area contributed by atoms with Crippen molar-refractivity contribution in [3.8, 4) is 5.75 Å². The first kappa shape index (κ1) is 21.0. The predicted octanol–water partition coefficient (Wildman–Crippen LogP) is 6.03. The Bertz CT molecular complexity index is 1170. The van der Waals surface area contributed by atoms with Gasteiger partial charge in [-0.15, -0.1) is 0 Å². The molecule has 0 saturated heterocycles. The predicted molar refractivity (Wildman–Crippen MR) is 126 cm³/mol. The lowest BCUT2D eigenvalue weighted by Gasteiger charge is -2.20. The third-order valence-corrected chi connectivity index (χ3v) is 5.94. The number of nitrogens with zero attached hydrogens (tertiary/aromatic N) is 3. The first-order chi connectivity index (χ1) is 15.1. The summed E-state index contributed by atoms with van der Waals surface area (Å²) in [5, 5.41) is 0.661. The third-order valence-electron chi connectivity index (χ3n) is 4.90. The lowest BCUT2D eigenvalue weighted by atomic mass is 10.2. The van der Waals surface area contributed by atoms with Crippen molar-refractivity contribution in [2.24, 2.45) is 0 Å². The van der Waals surface area contributed by atoms with E-state index in [0.717, 1.165) is 28.8 Å². The maximum Gasteiger partial charge on any atom is 0.260 e. The van der Waals surface area contributed by atoms with Gasteiger partial charge in [0.25, 0.3) is 5.91 Å². The molecule has 6 heteroatoms. The van der Waals surface area contributed by atoms with Gasteiger partial charge in [-0.1, -0.05) is 42.9 Å². The zero-order valence-electron chi connectivity index (χ0n) is 17.7. The highest BCUT2D eigenvalue weighted by molar-refractivity contribution is 7.22. The first-order valence-corrected chi connectivity index (χ1v) is 11.3. The number of fused-ring (bicyclic) bond motifs is 1. The fourth-order valence-corrected chi connectivity index (χ4v) is 4.29. The van der Waals surface area contributed by atoms with Gasteiger partial charge in [-0.05, 0) is 61.4 Å². The summed E-state index contributed by atoms with van der Waals surface area (Å²) in [5.41, 5.74) is 3.44. The maximum atomic E-state index is 13.6. The Labute approximate surface area is 186 Å². The van der Waals surface area contributed by atoms with Crippen molar-refractivity contribution in [1.82, 2.24) is 9.97 Å². The average molecular weight is 432 g/mol. The van der Waals surface area contributed by atoms with Gasteiger partial charge in [0.15, 0.2) is 5.13 Å². The number of aromatic nitrogens is 2. The van der Waals surface area contributed by atoms with E-state index in [2.05, 4.69) is 24.9 Å². The number of anilines is 1. The highest BCUT2D eigenvalue weighted by atomic mass is 32.1. The molecular formula is C25H25N3O2S. The van der Waals surface area contributed by atoms with Crippen LogP contribution in [0.1, 0.15) is 41.4 Å². The molecule has 2 aromatic heterocycles. The molecule has 2 heterocycles. The molecule has 0 bridgehead atoms. The summed E-state index contributed by atoms with van der Waals surface area (Å²) in [5.74, 6) is 0.583. The highest BCUT2D eigenvalue weighted by Gasteiger charge is 2.22. The van der Waals surface area contributed by atoms with Crippen molar-refractivity contribution in [2.45, 2.75) is 33.2 Å². The molecule has 4 rings (SSSR count). The topological polar surface area (TPSA) is 55.3 Å². The normalized spacial score (nSPS) is 10.9. The van der Waals surface area contributed by atoms with E-state index in [4.69, 9.17) is 9.72 Å². The second-order valence-corrected chi connectivity index (χ2v) is 8.42. The molecule has 0 spiro atoms. The number of aryl methyl sites for hydroxylation is 1. The van der Waals surface area contributed by atoms with Crippen LogP contribution in [0.15, 0.2) is 66.9 Å². The van der Waals surface area contributed by atoms with Gasteiger partial charge >= 0.3 is 0 Å². The zero-order chi connectivity index (χ0) is 21.6. The minimum atomic E-state index is -0.123. The fourth-order valence-electron chi connectivity index (χ4n) is 3.22. The Morgan fingerprint density at radius 1 is 1.10 bits per heavy atom. The number of amides is 1. The molecule has 4 aromatic rings. The SMILES string of the molecule is CCCCOc1cccc(C(=O)N(Cc2ccccn2)c2nc3ccc(C)cc3s2)c1. The van der Waals surface area contributed by atoms with Crippen LogP contribution in [0.4, 0.5) is 5.13 Å². The van der Waals surface area contributed by atoms with E-state index < -0.39 is 0 Å². The van der Waals surface area contributed by atoms with E-state index in [-0.39, 0.29) is 5.91 Å². The number of benzene rings is 2. The van der Waals surface area contributed by atoms with E-state index in [0.29, 0.717) is 29.6 Å². The molecule has 0 aliphatic carbocycles. The molecule has 0 aliphatic rings. The van der Waals surface area contributed by atoms with E-state index in [1.807, 2.05) is 48.5 Å². The van der Waals surface area contributed by atoms with Gasteiger partial charge in [-0.3, -0.25) is 14.7 Å². The Morgan fingerprint density at radius 3 is 2.81 bits per heavy atom. The van der Waals surface area contributed by atoms with Gasteiger partial charge in [0, 0.05) is 11.8 Å². The largest absolute Gasteiger partial charge is 0.494 e. The second kappa shape index (κ2) is 9.71. The number of ether oxygens (including phenoxy) is 1. The molecule has 0 N–H and O–H groups in total. The summed E-state index contributed by atoms with van der Waals surface area (Å²) < 4.78 is 6.87. The van der Waals surface area contributed by atoms with Crippen molar-refractivity contribution >= 4 is 32.6 Å². The number of carbonyl (C=O) groups excluding carboxylic acids is 1. The Hall–Kier alpha value is -3.25. The number of pyridine rings is 1. The van der Waals surface area contributed by atoms with E-state index in [9.17, 15) is 4.79 Å². The minimum absolute atomic E-state index is 0.123. The lowest BCUT2D eigenvalue weighted by molar-refractivity contribution is 0.0984. The second-order valence-electron chi connectivity index (χ2n) is 7.41. The summed E-state index contributed by atoms with van der Waals surface area (Å²) in [6, 6.07) is 19.2. The van der Waals surface area contributed by atoms with Gasteiger partial charge in [0.05, 0.1) is 29.1 Å². The molecule has 1 amide bonds. The Balaban J connectivity index is 1.68. The number of hydrogen-bond donors (Lipinski definition) is 0. The monoisotopic (exact) mass is 431 g/mol. The maximum absolute atomic E-state index is 13.6. The molecule has 0 saturated carbocycles. The molecule has 158 valence electrons. The molecule has 0 aliphatic heterocycles. The lowest BCUT2D eigenvalue weighted by Crippen LogP contribution is -2.30. The van der Waals surface area contributed by atoms with Gasteiger partial charge in [-0.25, -0.2) is 4.98 Å². The molecule has 2 aromatic carbocycles. The van der Waals surface area contributed by atoms with Crippen molar-refractivity contribution in [3.05, 3.63) is 83.7 Å². The van der Waals surface area contributed by atoms with Crippen molar-refractivity contribution in [1.29, 1.82) is 0 Å². The minimum Gasteiger partial charge on any atom is -0.494 e. The van der Waals surface area contributed by atoms with E-state index in [1.54, 1.807) is 17.2 Å². The summed E-state index contributed by atoms with van der Waals surface area (Å²) in [4.78, 5) is 24.4. The summed E-state index contributed by atoms with van der Waals surface area (Å²) >= 11 is 1.52. The van der Waals surface area contributed by atoms with Crippen LogP contribution in [0.2, 0.25) is 0 Å². The fraction of sp³-hybridized carbons (Fsp3) is 0.240. The van der Waals surface area contributed by atoms with E-state index in [1.165, 1.54) is 16.9 Å². The quantitative estimate of drug-likeness (QED) is 0.320. The average Bonchev–Trinajstić information content (AvgIpc) is 3.21. The van der Waals surface area contributed by atoms with Crippen LogP contribution in [0.5, 0.6) is 5.75 Å². The number of carbonyl (C=O) groups is 1. The van der Waals surface area contributed by atoms with Crippen molar-refractivity contribution in [2.75, 3.05) is 11.5 Å². The molecule has 31 heavy (non-hydrogen) atoms. The van der Waals surface area contributed by atoms with Crippen molar-refractivity contribution in [3.63, 3.8) is 0 Å². The first-order valence-electron chi connectivity index (χ1n) is 10.5. The third kappa shape index (κ3) is 5.09. The van der Waals surface area contributed by atoms with Crippen LogP contribution in [0.25, 0.3) is 10.2 Å². The van der Waals surface area contributed by atoms with Gasteiger partial charge < -0.3 is 4.74 Å². The van der Waals surface area contributed by atoms with Crippen molar-refractivity contribution < 1.29 is 9.53 Å². The highest BCUT2D eigenvalue weighted by Crippen LogP contribution is 2.31. The van der Waals surface area contributed by atoms with Crippen LogP contribution in [-0.2, 0) is 6.54 Å². The van der Waals surface area contributed by atoms with Gasteiger partial charge in [0.1, 0.15) is 5.75 Å². The van der Waals surface area contributed by atoms with Crippen LogP contribution in [-0.4, -0.2) is 22.5 Å².